The van der Waals surface area contributed by atoms with E-state index in [1.165, 1.54) is 23.5 Å². The molecule has 0 spiro atoms. The van der Waals surface area contributed by atoms with Gasteiger partial charge in [-0.15, -0.1) is 11.3 Å². The van der Waals surface area contributed by atoms with Gasteiger partial charge in [0.2, 0.25) is 0 Å². The van der Waals surface area contributed by atoms with Crippen molar-refractivity contribution in [2.75, 3.05) is 27.2 Å². The van der Waals surface area contributed by atoms with Crippen LogP contribution < -0.4 is 10.1 Å². The number of alkyl halides is 3. The number of rotatable bonds is 7. The van der Waals surface area contributed by atoms with E-state index in [1.54, 1.807) is 18.2 Å². The monoisotopic (exact) mass is 504 g/mol. The summed E-state index contributed by atoms with van der Waals surface area (Å²) in [6.45, 7) is 5.37. The molecule has 2 aromatic carbocycles. The van der Waals surface area contributed by atoms with E-state index >= 15 is 0 Å². The smallest absolute Gasteiger partial charge is 0.351 e. The number of benzene rings is 2. The van der Waals surface area contributed by atoms with Gasteiger partial charge in [0.25, 0.3) is 11.8 Å². The molecule has 0 aliphatic rings. The number of aromatic nitrogens is 1. The summed E-state index contributed by atoms with van der Waals surface area (Å²) in [6, 6.07) is 11.4. The number of thiazole rings is 1. The van der Waals surface area contributed by atoms with Crippen LogP contribution in [0, 0.1) is 13.8 Å². The Labute approximate surface area is 205 Å². The van der Waals surface area contributed by atoms with Crippen molar-refractivity contribution in [3.05, 3.63) is 86.2 Å². The summed E-state index contributed by atoms with van der Waals surface area (Å²) in [6.07, 6.45) is -4.55. The Morgan fingerprint density at radius 1 is 1.06 bits per heavy atom. The molecule has 0 bridgehead atoms. The fourth-order valence-electron chi connectivity index (χ4n) is 3.34. The fraction of sp³-hybridized carbons (Fsp3) is 0.320. The molecule has 0 radical (unpaired) electrons. The molecular formula is C25H27F3N4O2S. The van der Waals surface area contributed by atoms with E-state index in [4.69, 9.17) is 0 Å². The topological polar surface area (TPSA) is 66.7 Å². The molecule has 186 valence electrons. The van der Waals surface area contributed by atoms with E-state index in [1.807, 2.05) is 43.5 Å². The van der Waals surface area contributed by atoms with Crippen LogP contribution in [0.5, 0.6) is 0 Å². The van der Waals surface area contributed by atoms with Gasteiger partial charge in [0.1, 0.15) is 0 Å². The normalized spacial score (nSPS) is 12.3. The molecule has 6 nitrogen and oxygen atoms in total. The number of hydrogen-bond donors (Lipinski definition) is 1. The van der Waals surface area contributed by atoms with Crippen LogP contribution in [0.3, 0.4) is 0 Å². The molecule has 1 aromatic heterocycles. The zero-order valence-corrected chi connectivity index (χ0v) is 20.8. The van der Waals surface area contributed by atoms with Gasteiger partial charge in [0, 0.05) is 34.8 Å². The van der Waals surface area contributed by atoms with E-state index in [0.29, 0.717) is 23.5 Å². The number of carbonyl (C=O) groups is 2. The van der Waals surface area contributed by atoms with Gasteiger partial charge < -0.3 is 14.8 Å². The molecule has 2 amide bonds. The molecule has 0 unspecified atom stereocenters. The largest absolute Gasteiger partial charge is 0.416 e. The van der Waals surface area contributed by atoms with Gasteiger partial charge in [-0.1, -0.05) is 18.2 Å². The average molecular weight is 505 g/mol. The van der Waals surface area contributed by atoms with E-state index < -0.39 is 17.6 Å². The van der Waals surface area contributed by atoms with Crippen molar-refractivity contribution >= 4 is 23.2 Å². The van der Waals surface area contributed by atoms with Gasteiger partial charge >= 0.3 is 6.18 Å². The summed E-state index contributed by atoms with van der Waals surface area (Å²) in [7, 11) is 3.85. The number of amides is 2. The molecule has 0 saturated carbocycles. The zero-order chi connectivity index (χ0) is 25.8. The second kappa shape index (κ2) is 11.0. The first-order valence-electron chi connectivity index (χ1n) is 10.9. The third-order valence-corrected chi connectivity index (χ3v) is 6.49. The van der Waals surface area contributed by atoms with Crippen molar-refractivity contribution in [1.82, 2.24) is 14.8 Å². The highest BCUT2D eigenvalue weighted by molar-refractivity contribution is 7.09. The van der Waals surface area contributed by atoms with Crippen LogP contribution in [0.25, 0.3) is 0 Å². The molecular weight excluding hydrogens is 477 g/mol. The summed E-state index contributed by atoms with van der Waals surface area (Å²) in [5, 5.41) is 2.88. The minimum Gasteiger partial charge on any atom is -0.351 e. The lowest BCUT2D eigenvalue weighted by molar-refractivity contribution is -0.137. The Morgan fingerprint density at radius 3 is 2.43 bits per heavy atom. The van der Waals surface area contributed by atoms with Crippen molar-refractivity contribution < 1.29 is 22.8 Å². The number of carbonyl (C=O) groups excluding carboxylic acids is 2. The molecule has 3 aromatic rings. The predicted molar refractivity (Wildman–Crippen MR) is 130 cm³/mol. The van der Waals surface area contributed by atoms with E-state index in [0.717, 1.165) is 34.8 Å². The first-order valence-corrected chi connectivity index (χ1v) is 11.7. The van der Waals surface area contributed by atoms with Crippen LogP contribution in [-0.2, 0) is 12.7 Å². The Bertz CT molecular complexity index is 1290. The number of aryl methyl sites for hydroxylation is 1. The van der Waals surface area contributed by atoms with Crippen LogP contribution in [0.2, 0.25) is 0 Å². The lowest BCUT2D eigenvalue weighted by Crippen LogP contribution is -2.31. The predicted octanol–water partition coefficient (Wildman–Crippen LogP) is 4.27. The second-order valence-corrected chi connectivity index (χ2v) is 9.55. The van der Waals surface area contributed by atoms with Crippen LogP contribution >= 0.6 is 11.3 Å². The third kappa shape index (κ3) is 6.89. The van der Waals surface area contributed by atoms with Crippen LogP contribution in [0.15, 0.2) is 53.5 Å². The van der Waals surface area contributed by atoms with Gasteiger partial charge in [-0.2, -0.15) is 18.2 Å². The number of likely N-dealkylation sites (N-methyl/N-ethyl adjacent to an activating group) is 1. The van der Waals surface area contributed by atoms with E-state index in [-0.39, 0.29) is 11.5 Å². The molecule has 35 heavy (non-hydrogen) atoms. The van der Waals surface area contributed by atoms with Crippen molar-refractivity contribution in [2.45, 2.75) is 26.6 Å². The lowest BCUT2D eigenvalue weighted by Gasteiger charge is -2.11. The Balaban J connectivity index is 1.88. The Hall–Kier alpha value is -3.24. The van der Waals surface area contributed by atoms with Gasteiger partial charge in [0.05, 0.1) is 12.1 Å². The van der Waals surface area contributed by atoms with Crippen molar-refractivity contribution in [2.24, 2.45) is 4.99 Å². The van der Waals surface area contributed by atoms with Crippen molar-refractivity contribution in [3.63, 3.8) is 0 Å². The number of hydrogen-bond acceptors (Lipinski definition) is 4. The van der Waals surface area contributed by atoms with Gasteiger partial charge in [0.15, 0.2) is 4.80 Å². The summed E-state index contributed by atoms with van der Waals surface area (Å²) in [5.74, 6) is -0.929. The summed E-state index contributed by atoms with van der Waals surface area (Å²) in [4.78, 5) is 32.6. The Kier molecular flexibility index (Phi) is 8.29. The van der Waals surface area contributed by atoms with Crippen LogP contribution in [0.1, 0.15) is 42.4 Å². The van der Waals surface area contributed by atoms with Crippen molar-refractivity contribution in [3.8, 4) is 0 Å². The molecule has 10 heteroatoms. The Morgan fingerprint density at radius 2 is 1.74 bits per heavy atom. The fourth-order valence-corrected chi connectivity index (χ4v) is 4.31. The minimum atomic E-state index is -4.55. The number of halogens is 3. The molecule has 0 aliphatic carbocycles. The standard InChI is InChI=1S/C25H27F3N4O2S/c1-16-17(2)35-24(30-23(34)20-9-6-10-21(14-20)25(26,27)28)32(16)15-18-7-5-8-19(13-18)22(33)29-11-12-31(3)4/h5-10,13-14H,11-12,15H2,1-4H3,(H,29,33). The second-order valence-electron chi connectivity index (χ2n) is 8.37. The average Bonchev–Trinajstić information content (AvgIpc) is 3.05. The molecule has 0 saturated heterocycles. The van der Waals surface area contributed by atoms with E-state index in [9.17, 15) is 22.8 Å². The van der Waals surface area contributed by atoms with Crippen LogP contribution in [-0.4, -0.2) is 48.5 Å². The molecule has 1 heterocycles. The zero-order valence-electron chi connectivity index (χ0n) is 19.9. The summed E-state index contributed by atoms with van der Waals surface area (Å²) in [5.41, 5.74) is 1.20. The molecule has 0 aliphatic heterocycles. The van der Waals surface area contributed by atoms with E-state index in [2.05, 4.69) is 10.3 Å². The summed E-state index contributed by atoms with van der Waals surface area (Å²) >= 11 is 1.29. The van der Waals surface area contributed by atoms with Crippen LogP contribution in [0.4, 0.5) is 13.2 Å². The maximum absolute atomic E-state index is 13.0. The quantitative estimate of drug-likeness (QED) is 0.523. The highest BCUT2D eigenvalue weighted by atomic mass is 32.1. The molecule has 1 N–H and O–H groups in total. The number of nitrogens with zero attached hydrogens (tertiary/aromatic N) is 3. The summed E-state index contributed by atoms with van der Waals surface area (Å²) < 4.78 is 40.9. The molecule has 3 rings (SSSR count). The highest BCUT2D eigenvalue weighted by Crippen LogP contribution is 2.29. The highest BCUT2D eigenvalue weighted by Gasteiger charge is 2.30. The molecule has 0 atom stereocenters. The minimum absolute atomic E-state index is 0.133. The third-order valence-electron chi connectivity index (χ3n) is 5.40. The van der Waals surface area contributed by atoms with Gasteiger partial charge in [-0.25, -0.2) is 0 Å². The maximum Gasteiger partial charge on any atom is 0.416 e. The molecule has 0 fully saturated rings. The van der Waals surface area contributed by atoms with Gasteiger partial charge in [-0.05, 0) is 63.8 Å². The number of nitrogens with one attached hydrogen (secondary N) is 1. The SMILES string of the molecule is Cc1sc(=NC(=O)c2cccc(C(F)(F)F)c2)n(Cc2cccc(C(=O)NCCN(C)C)c2)c1C. The first kappa shape index (κ1) is 26.4. The van der Waals surface area contributed by atoms with Crippen molar-refractivity contribution in [1.29, 1.82) is 0 Å². The van der Waals surface area contributed by atoms with Gasteiger partial charge in [-0.3, -0.25) is 9.59 Å². The maximum atomic E-state index is 13.0. The lowest BCUT2D eigenvalue weighted by atomic mass is 10.1. The first-order chi connectivity index (χ1) is 16.5.